The summed E-state index contributed by atoms with van der Waals surface area (Å²) in [4.78, 5) is 6.77. The van der Waals surface area contributed by atoms with E-state index in [2.05, 4.69) is 38.7 Å². The van der Waals surface area contributed by atoms with E-state index in [4.69, 9.17) is 0 Å². The molecule has 1 aliphatic heterocycles. The van der Waals surface area contributed by atoms with E-state index >= 15 is 0 Å². The zero-order valence-electron chi connectivity index (χ0n) is 18.2. The molecule has 1 aromatic carbocycles. The minimum Gasteiger partial charge on any atom is -0.371 e. The Balaban J connectivity index is 1.42. The molecule has 0 atom stereocenters. The molecule has 1 N–H and O–H groups in total. The molecule has 4 heterocycles. The van der Waals surface area contributed by atoms with Crippen LogP contribution in [0.15, 0.2) is 60.0 Å². The van der Waals surface area contributed by atoms with Crippen LogP contribution in [-0.2, 0) is 17.1 Å². The van der Waals surface area contributed by atoms with Gasteiger partial charge >= 0.3 is 0 Å². The average Bonchev–Trinajstić information content (AvgIpc) is 3.47. The van der Waals surface area contributed by atoms with Crippen LogP contribution in [0.5, 0.6) is 0 Å². The fraction of sp³-hybridized carbons (Fsp3) is 0.318. The molecule has 1 saturated heterocycles. The normalized spacial score (nSPS) is 16.0. The van der Waals surface area contributed by atoms with Crippen molar-refractivity contribution in [2.45, 2.75) is 25.2 Å². The van der Waals surface area contributed by atoms with E-state index in [0.717, 1.165) is 30.6 Å². The van der Waals surface area contributed by atoms with E-state index in [9.17, 15) is 8.42 Å². The van der Waals surface area contributed by atoms with Gasteiger partial charge in [0.25, 0.3) is 10.0 Å². The van der Waals surface area contributed by atoms with E-state index < -0.39 is 10.0 Å². The quantitative estimate of drug-likeness (QED) is 0.500. The molecule has 3 aromatic heterocycles. The van der Waals surface area contributed by atoms with E-state index in [-0.39, 0.29) is 10.3 Å². The predicted molar refractivity (Wildman–Crippen MR) is 123 cm³/mol. The Labute approximate surface area is 186 Å². The number of fused-ring (bicyclic) bond motifs is 1. The van der Waals surface area contributed by atoms with Crippen molar-refractivity contribution in [3.63, 3.8) is 0 Å². The number of hydrogen-bond acceptors (Lipinski definition) is 6. The Morgan fingerprint density at radius 2 is 1.97 bits per heavy atom. The van der Waals surface area contributed by atoms with Crippen molar-refractivity contribution < 1.29 is 8.42 Å². The average molecular weight is 452 g/mol. The number of rotatable bonds is 5. The molecule has 0 aliphatic carbocycles. The lowest BCUT2D eigenvalue weighted by Gasteiger charge is -2.21. The Morgan fingerprint density at radius 3 is 2.75 bits per heavy atom. The van der Waals surface area contributed by atoms with Crippen LogP contribution in [0.25, 0.3) is 16.7 Å². The number of aromatic nitrogens is 5. The van der Waals surface area contributed by atoms with Gasteiger partial charge in [0, 0.05) is 43.5 Å². The molecule has 0 spiro atoms. The molecule has 166 valence electrons. The Morgan fingerprint density at radius 1 is 1.12 bits per heavy atom. The van der Waals surface area contributed by atoms with Gasteiger partial charge in [-0.3, -0.25) is 9.40 Å². The summed E-state index contributed by atoms with van der Waals surface area (Å²) in [7, 11) is -2.06. The second kappa shape index (κ2) is 7.33. The molecular formula is C22H25N7O2S. The zero-order valence-corrected chi connectivity index (χ0v) is 19.0. The summed E-state index contributed by atoms with van der Waals surface area (Å²) in [5, 5.41) is 9.32. The van der Waals surface area contributed by atoms with Crippen LogP contribution in [0.4, 0.5) is 11.4 Å². The highest BCUT2D eigenvalue weighted by Crippen LogP contribution is 2.33. The highest BCUT2D eigenvalue weighted by atomic mass is 32.2. The Kier molecular flexibility index (Phi) is 4.70. The van der Waals surface area contributed by atoms with Crippen LogP contribution in [-0.4, -0.2) is 46.1 Å². The van der Waals surface area contributed by atoms with Gasteiger partial charge in [0.05, 0.1) is 29.8 Å². The van der Waals surface area contributed by atoms with Crippen LogP contribution >= 0.6 is 0 Å². The first-order chi connectivity index (χ1) is 15.2. The van der Waals surface area contributed by atoms with Crippen LogP contribution in [0, 0.1) is 5.41 Å². The van der Waals surface area contributed by atoms with Crippen molar-refractivity contribution in [3.8, 4) is 5.82 Å². The van der Waals surface area contributed by atoms with Crippen LogP contribution in [0.2, 0.25) is 0 Å². The third-order valence-corrected chi connectivity index (χ3v) is 7.20. The molecule has 9 nitrogen and oxygen atoms in total. The summed E-state index contributed by atoms with van der Waals surface area (Å²) < 4.78 is 31.9. The summed E-state index contributed by atoms with van der Waals surface area (Å²) >= 11 is 0. The molecule has 0 bridgehead atoms. The van der Waals surface area contributed by atoms with Gasteiger partial charge < -0.3 is 4.90 Å². The van der Waals surface area contributed by atoms with Crippen LogP contribution in [0.3, 0.4) is 0 Å². The summed E-state index contributed by atoms with van der Waals surface area (Å²) in [5.74, 6) is 0.572. The van der Waals surface area contributed by atoms with Gasteiger partial charge in [-0.2, -0.15) is 10.2 Å². The number of benzene rings is 1. The maximum atomic E-state index is 13.0. The summed E-state index contributed by atoms with van der Waals surface area (Å²) in [6.07, 6.45) is 7.37. The lowest BCUT2D eigenvalue weighted by atomic mass is 9.93. The zero-order chi connectivity index (χ0) is 22.5. The van der Waals surface area contributed by atoms with Crippen molar-refractivity contribution in [1.29, 1.82) is 0 Å². The molecule has 5 rings (SSSR count). The smallest absolute Gasteiger partial charge is 0.265 e. The number of sulfonamides is 1. The second-order valence-corrected chi connectivity index (χ2v) is 10.6. The van der Waals surface area contributed by atoms with Gasteiger partial charge in [0.1, 0.15) is 4.90 Å². The molecule has 0 saturated carbocycles. The number of pyridine rings is 1. The van der Waals surface area contributed by atoms with Gasteiger partial charge in [0.15, 0.2) is 5.82 Å². The minimum atomic E-state index is -3.84. The maximum absolute atomic E-state index is 13.0. The monoisotopic (exact) mass is 451 g/mol. The van der Waals surface area contributed by atoms with E-state index in [1.807, 2.05) is 18.2 Å². The minimum absolute atomic E-state index is 0.0613. The van der Waals surface area contributed by atoms with Gasteiger partial charge in [-0.25, -0.2) is 18.1 Å². The highest BCUT2D eigenvalue weighted by Gasteiger charge is 2.29. The van der Waals surface area contributed by atoms with E-state index in [1.54, 1.807) is 36.3 Å². The third-order valence-electron chi connectivity index (χ3n) is 5.88. The number of nitrogens with one attached hydrogen (secondary N) is 1. The molecule has 10 heteroatoms. The fourth-order valence-electron chi connectivity index (χ4n) is 4.15. The summed E-state index contributed by atoms with van der Waals surface area (Å²) in [6.45, 7) is 6.48. The van der Waals surface area contributed by atoms with Crippen molar-refractivity contribution >= 4 is 32.3 Å². The van der Waals surface area contributed by atoms with Crippen LogP contribution in [0.1, 0.15) is 20.3 Å². The summed E-state index contributed by atoms with van der Waals surface area (Å²) in [5.41, 5.74) is 2.51. The SMILES string of the molecule is Cn1ncc2cccc(NS(=O)(=O)c3cnn(-c4cc(N5CCC(C)(C)C5)ccn4)c3)c21. The van der Waals surface area contributed by atoms with Crippen molar-refractivity contribution in [1.82, 2.24) is 24.5 Å². The van der Waals surface area contributed by atoms with E-state index in [0.29, 0.717) is 17.0 Å². The Hall–Kier alpha value is -3.40. The molecular weight excluding hydrogens is 426 g/mol. The van der Waals surface area contributed by atoms with E-state index in [1.165, 1.54) is 17.1 Å². The fourth-order valence-corrected chi connectivity index (χ4v) is 5.15. The number of anilines is 2. The maximum Gasteiger partial charge on any atom is 0.265 e. The predicted octanol–water partition coefficient (Wildman–Crippen LogP) is 3.19. The Bertz CT molecular complexity index is 1400. The lowest BCUT2D eigenvalue weighted by Crippen LogP contribution is -2.22. The topological polar surface area (TPSA) is 97.9 Å². The molecule has 1 aliphatic rings. The third kappa shape index (κ3) is 3.70. The van der Waals surface area contributed by atoms with Crippen molar-refractivity contribution in [3.05, 3.63) is 55.1 Å². The largest absolute Gasteiger partial charge is 0.371 e. The van der Waals surface area contributed by atoms with Crippen LogP contribution < -0.4 is 9.62 Å². The first-order valence-electron chi connectivity index (χ1n) is 10.4. The molecule has 0 radical (unpaired) electrons. The molecule has 32 heavy (non-hydrogen) atoms. The number of para-hydroxylation sites is 1. The van der Waals surface area contributed by atoms with Crippen molar-refractivity contribution in [2.75, 3.05) is 22.7 Å². The van der Waals surface area contributed by atoms with Gasteiger partial charge in [-0.1, -0.05) is 26.0 Å². The lowest BCUT2D eigenvalue weighted by molar-refractivity contribution is 0.418. The highest BCUT2D eigenvalue weighted by molar-refractivity contribution is 7.92. The molecule has 1 fully saturated rings. The molecule has 4 aromatic rings. The molecule has 0 unspecified atom stereocenters. The van der Waals surface area contributed by atoms with Crippen molar-refractivity contribution in [2.24, 2.45) is 12.5 Å². The standard InChI is InChI=1S/C22H25N7O2S/c1-22(2)8-10-28(15-22)17-7-9-23-20(11-17)29-14-18(13-25-29)32(30,31)26-19-6-4-5-16-12-24-27(3)21(16)19/h4-7,9,11-14,26H,8,10,15H2,1-3H3. The number of hydrogen-bond donors (Lipinski definition) is 1. The van der Waals surface area contributed by atoms with Gasteiger partial charge in [-0.05, 0) is 24.0 Å². The number of aryl methyl sites for hydroxylation is 1. The molecule has 0 amide bonds. The second-order valence-electron chi connectivity index (χ2n) is 8.95. The number of nitrogens with zero attached hydrogens (tertiary/aromatic N) is 6. The van der Waals surface area contributed by atoms with Gasteiger partial charge in [0.2, 0.25) is 0 Å². The first-order valence-corrected chi connectivity index (χ1v) is 11.9. The summed E-state index contributed by atoms with van der Waals surface area (Å²) in [6, 6.07) is 9.31. The first kappa shape index (κ1) is 20.5. The van der Waals surface area contributed by atoms with Gasteiger partial charge in [-0.15, -0.1) is 0 Å².